The molecule has 2 unspecified atom stereocenters. The summed E-state index contributed by atoms with van der Waals surface area (Å²) in [5.41, 5.74) is 0. The molecule has 0 aliphatic heterocycles. The van der Waals surface area contributed by atoms with E-state index in [1.54, 1.807) is 0 Å². The summed E-state index contributed by atoms with van der Waals surface area (Å²) < 4.78 is 9.36. The molecule has 0 amide bonds. The summed E-state index contributed by atoms with van der Waals surface area (Å²) in [6.07, 6.45) is 15.1. The third-order valence-electron chi connectivity index (χ3n) is 5.22. The van der Waals surface area contributed by atoms with Gasteiger partial charge in [0.15, 0.2) is 6.10 Å². The number of unbranched alkanes of at least 4 members (excludes halogenated alkanes) is 14. The molecule has 0 aromatic carbocycles. The molecule has 2 N–H and O–H groups in total. The first-order chi connectivity index (χ1) is 14.9. The van der Waals surface area contributed by atoms with E-state index in [0.29, 0.717) is 13.0 Å². The van der Waals surface area contributed by atoms with E-state index in [0.717, 1.165) is 32.1 Å². The Morgan fingerprint density at radius 1 is 0.645 bits per heavy atom. The van der Waals surface area contributed by atoms with Crippen molar-refractivity contribution in [2.24, 2.45) is 0 Å². The average molecular weight is 445 g/mol. The fourth-order valence-electron chi connectivity index (χ4n) is 3.25. The normalized spacial score (nSPS) is 12.9. The van der Waals surface area contributed by atoms with Crippen molar-refractivity contribution in [3.05, 3.63) is 0 Å². The van der Waals surface area contributed by atoms with Crippen LogP contribution < -0.4 is 0 Å². The molecule has 0 saturated heterocycles. The highest BCUT2D eigenvalue weighted by Gasteiger charge is 2.23. The van der Waals surface area contributed by atoms with Gasteiger partial charge in [-0.3, -0.25) is 4.79 Å². The van der Waals surface area contributed by atoms with Gasteiger partial charge in [0, 0.05) is 13.0 Å². The third kappa shape index (κ3) is 19.0. The second kappa shape index (κ2) is 20.4. The lowest BCUT2D eigenvalue weighted by Gasteiger charge is -2.12. The van der Waals surface area contributed by atoms with Gasteiger partial charge in [-0.15, -0.1) is 0 Å². The molecule has 0 aromatic rings. The smallest absolute Gasteiger partial charge is 0.354 e. The number of rotatable bonds is 20. The van der Waals surface area contributed by atoms with E-state index >= 15 is 0 Å². The number of ether oxygens (including phenoxy) is 2. The van der Waals surface area contributed by atoms with E-state index in [2.05, 4.69) is 9.47 Å². The van der Waals surface area contributed by atoms with Gasteiger partial charge in [0.25, 0.3) is 0 Å². The van der Waals surface area contributed by atoms with Crippen LogP contribution in [0.3, 0.4) is 0 Å². The number of carbonyl (C=O) groups excluding carboxylic acids is 3. The fraction of sp³-hybridized carbons (Fsp3) is 0.875. The Hall–Kier alpha value is -1.47. The lowest BCUT2D eigenvalue weighted by molar-refractivity contribution is -0.176. The van der Waals surface area contributed by atoms with Gasteiger partial charge in [0.1, 0.15) is 6.10 Å². The van der Waals surface area contributed by atoms with Crippen LogP contribution in [-0.4, -0.2) is 46.9 Å². The Labute approximate surface area is 187 Å². The van der Waals surface area contributed by atoms with Crippen LogP contribution >= 0.6 is 0 Å². The first-order valence-electron chi connectivity index (χ1n) is 12.1. The number of hydrogen-bond acceptors (Lipinski definition) is 7. The SMILES string of the molecule is CC(O)C(=O)OC(C)C(=O)OC(=O)CCCCCCCCCCCCCCCCCO. The third-order valence-corrected chi connectivity index (χ3v) is 5.22. The van der Waals surface area contributed by atoms with Gasteiger partial charge in [-0.1, -0.05) is 83.5 Å². The monoisotopic (exact) mass is 444 g/mol. The maximum atomic E-state index is 11.7. The Bertz CT molecular complexity index is 477. The molecule has 0 spiro atoms. The van der Waals surface area contributed by atoms with E-state index in [1.807, 2.05) is 0 Å². The van der Waals surface area contributed by atoms with Gasteiger partial charge in [-0.05, 0) is 26.7 Å². The standard InChI is InChI=1S/C24H44O7/c1-20(26)23(28)30-21(2)24(29)31-22(27)18-16-14-12-10-8-6-4-3-5-7-9-11-13-15-17-19-25/h20-21,25-26H,3-19H2,1-2H3. The van der Waals surface area contributed by atoms with Crippen LogP contribution in [0.5, 0.6) is 0 Å². The highest BCUT2D eigenvalue weighted by atomic mass is 16.6. The molecule has 31 heavy (non-hydrogen) atoms. The number of aliphatic hydroxyl groups is 2. The molecule has 0 rings (SSSR count). The lowest BCUT2D eigenvalue weighted by Crippen LogP contribution is -2.31. The maximum Gasteiger partial charge on any atom is 0.354 e. The minimum atomic E-state index is -1.33. The van der Waals surface area contributed by atoms with Crippen molar-refractivity contribution in [1.29, 1.82) is 0 Å². The second-order valence-electron chi connectivity index (χ2n) is 8.33. The minimum Gasteiger partial charge on any atom is -0.449 e. The topological polar surface area (TPSA) is 110 Å². The Balaban J connectivity index is 3.44. The average Bonchev–Trinajstić information content (AvgIpc) is 2.73. The van der Waals surface area contributed by atoms with Crippen LogP contribution in [0.1, 0.15) is 117 Å². The molecular weight excluding hydrogens is 400 g/mol. The first kappa shape index (κ1) is 29.5. The Kier molecular flexibility index (Phi) is 19.5. The highest BCUT2D eigenvalue weighted by molar-refractivity contribution is 5.89. The molecule has 0 aliphatic carbocycles. The van der Waals surface area contributed by atoms with Crippen LogP contribution in [0, 0.1) is 0 Å². The van der Waals surface area contributed by atoms with Crippen molar-refractivity contribution in [2.75, 3.05) is 6.61 Å². The molecule has 0 aromatic heterocycles. The van der Waals surface area contributed by atoms with Crippen molar-refractivity contribution in [1.82, 2.24) is 0 Å². The van der Waals surface area contributed by atoms with Crippen LogP contribution in [0.25, 0.3) is 0 Å². The van der Waals surface area contributed by atoms with Crippen molar-refractivity contribution >= 4 is 17.9 Å². The Morgan fingerprint density at radius 3 is 1.42 bits per heavy atom. The van der Waals surface area contributed by atoms with Gasteiger partial charge < -0.3 is 19.7 Å². The molecule has 0 saturated carbocycles. The minimum absolute atomic E-state index is 0.169. The summed E-state index contributed by atoms with van der Waals surface area (Å²) in [6.45, 7) is 2.85. The fourth-order valence-corrected chi connectivity index (χ4v) is 3.25. The van der Waals surface area contributed by atoms with Crippen LogP contribution in [-0.2, 0) is 23.9 Å². The van der Waals surface area contributed by atoms with E-state index in [1.165, 1.54) is 71.6 Å². The zero-order chi connectivity index (χ0) is 23.3. The van der Waals surface area contributed by atoms with E-state index in [4.69, 9.17) is 10.2 Å². The largest absolute Gasteiger partial charge is 0.449 e. The Morgan fingerprint density at radius 2 is 1.03 bits per heavy atom. The van der Waals surface area contributed by atoms with Gasteiger partial charge in [0.05, 0.1) is 0 Å². The first-order valence-corrected chi connectivity index (χ1v) is 12.1. The number of hydrogen-bond donors (Lipinski definition) is 2. The maximum absolute atomic E-state index is 11.7. The molecule has 0 bridgehead atoms. The predicted molar refractivity (Wildman–Crippen MR) is 119 cm³/mol. The molecule has 0 heterocycles. The molecule has 0 fully saturated rings. The molecule has 0 aliphatic rings. The van der Waals surface area contributed by atoms with Crippen molar-refractivity contribution < 1.29 is 34.1 Å². The lowest BCUT2D eigenvalue weighted by atomic mass is 10.0. The zero-order valence-corrected chi connectivity index (χ0v) is 19.6. The number of esters is 3. The highest BCUT2D eigenvalue weighted by Crippen LogP contribution is 2.14. The number of carbonyl (C=O) groups is 3. The molecule has 0 radical (unpaired) electrons. The summed E-state index contributed by atoms with van der Waals surface area (Å²) in [4.78, 5) is 34.6. The van der Waals surface area contributed by atoms with Gasteiger partial charge in [-0.2, -0.15) is 0 Å². The van der Waals surface area contributed by atoms with Crippen molar-refractivity contribution in [3.8, 4) is 0 Å². The summed E-state index contributed by atoms with van der Waals surface area (Å²) >= 11 is 0. The molecule has 7 nitrogen and oxygen atoms in total. The number of aliphatic hydroxyl groups excluding tert-OH is 2. The van der Waals surface area contributed by atoms with Crippen LogP contribution in [0.15, 0.2) is 0 Å². The van der Waals surface area contributed by atoms with Crippen molar-refractivity contribution in [2.45, 2.75) is 129 Å². The van der Waals surface area contributed by atoms with Crippen molar-refractivity contribution in [3.63, 3.8) is 0 Å². The van der Waals surface area contributed by atoms with Crippen LogP contribution in [0.4, 0.5) is 0 Å². The summed E-state index contributed by atoms with van der Waals surface area (Å²) in [5, 5.41) is 17.8. The van der Waals surface area contributed by atoms with E-state index in [-0.39, 0.29) is 6.42 Å². The quantitative estimate of drug-likeness (QED) is 0.160. The van der Waals surface area contributed by atoms with Gasteiger partial charge in [-0.25, -0.2) is 9.59 Å². The van der Waals surface area contributed by atoms with E-state index < -0.39 is 30.1 Å². The molecule has 7 heteroatoms. The van der Waals surface area contributed by atoms with Gasteiger partial charge in [0.2, 0.25) is 0 Å². The molecular formula is C24H44O7. The van der Waals surface area contributed by atoms with Gasteiger partial charge >= 0.3 is 17.9 Å². The zero-order valence-electron chi connectivity index (χ0n) is 19.6. The van der Waals surface area contributed by atoms with Crippen LogP contribution in [0.2, 0.25) is 0 Å². The summed E-state index contributed by atoms with van der Waals surface area (Å²) in [6, 6.07) is 0. The molecule has 2 atom stereocenters. The summed E-state index contributed by atoms with van der Waals surface area (Å²) in [5.74, 6) is -2.46. The molecule has 182 valence electrons. The van der Waals surface area contributed by atoms with E-state index in [9.17, 15) is 14.4 Å². The predicted octanol–water partition coefficient (Wildman–Crippen LogP) is 4.60. The summed E-state index contributed by atoms with van der Waals surface area (Å²) in [7, 11) is 0. The second-order valence-corrected chi connectivity index (χ2v) is 8.33.